The second kappa shape index (κ2) is 9.05. The molecule has 0 aliphatic rings. The van der Waals surface area contributed by atoms with E-state index in [2.05, 4.69) is 38.3 Å². The molecule has 1 atom stereocenters. The Morgan fingerprint density at radius 2 is 2.08 bits per heavy atom. The van der Waals surface area contributed by atoms with Crippen LogP contribution in [0.4, 0.5) is 0 Å². The van der Waals surface area contributed by atoms with Crippen molar-refractivity contribution in [1.29, 1.82) is 0 Å². The van der Waals surface area contributed by atoms with E-state index >= 15 is 0 Å². The monoisotopic (exact) mass is 176 g/mol. The molecular weight excluding hydrogens is 156 g/mol. The van der Waals surface area contributed by atoms with Gasteiger partial charge in [0.05, 0.1) is 0 Å². The van der Waals surface area contributed by atoms with Crippen LogP contribution in [0.25, 0.3) is 0 Å². The maximum atomic E-state index is 3.76. The Kier molecular flexibility index (Phi) is 8.33. The molecule has 0 saturated carbocycles. The molecule has 72 valence electrons. The van der Waals surface area contributed by atoms with Crippen molar-refractivity contribution in [3.8, 4) is 0 Å². The third-order valence-corrected chi connectivity index (χ3v) is 1.91. The van der Waals surface area contributed by atoms with E-state index in [0.717, 1.165) is 12.8 Å². The summed E-state index contributed by atoms with van der Waals surface area (Å²) in [5.74, 6) is 0.650. The SMILES string of the molecule is C=CC=CCCC(C=CC)CC=C. The van der Waals surface area contributed by atoms with Gasteiger partial charge in [0.15, 0.2) is 0 Å². The summed E-state index contributed by atoms with van der Waals surface area (Å²) < 4.78 is 0. The number of hydrogen-bond donors (Lipinski definition) is 0. The molecule has 0 aromatic rings. The zero-order valence-electron chi connectivity index (χ0n) is 8.58. The van der Waals surface area contributed by atoms with Crippen molar-refractivity contribution in [3.63, 3.8) is 0 Å². The molecule has 0 nitrogen and oxygen atoms in total. The van der Waals surface area contributed by atoms with Gasteiger partial charge >= 0.3 is 0 Å². The highest BCUT2D eigenvalue weighted by Crippen LogP contribution is 2.13. The van der Waals surface area contributed by atoms with Crippen LogP contribution < -0.4 is 0 Å². The van der Waals surface area contributed by atoms with E-state index in [1.807, 2.05) is 18.2 Å². The zero-order valence-corrected chi connectivity index (χ0v) is 8.58. The van der Waals surface area contributed by atoms with Gasteiger partial charge in [0.25, 0.3) is 0 Å². The fourth-order valence-electron chi connectivity index (χ4n) is 1.28. The third kappa shape index (κ3) is 7.32. The Morgan fingerprint density at radius 3 is 2.62 bits per heavy atom. The Labute approximate surface area is 82.4 Å². The van der Waals surface area contributed by atoms with E-state index in [0.29, 0.717) is 5.92 Å². The first-order chi connectivity index (χ1) is 6.35. The van der Waals surface area contributed by atoms with Gasteiger partial charge in [0.2, 0.25) is 0 Å². The van der Waals surface area contributed by atoms with Crippen LogP contribution in [0, 0.1) is 5.92 Å². The van der Waals surface area contributed by atoms with E-state index in [1.54, 1.807) is 0 Å². The van der Waals surface area contributed by atoms with Crippen molar-refractivity contribution >= 4 is 0 Å². The number of hydrogen-bond acceptors (Lipinski definition) is 0. The highest BCUT2D eigenvalue weighted by molar-refractivity contribution is 4.98. The van der Waals surface area contributed by atoms with Crippen molar-refractivity contribution < 1.29 is 0 Å². The molecule has 13 heavy (non-hydrogen) atoms. The van der Waals surface area contributed by atoms with Crippen LogP contribution in [0.5, 0.6) is 0 Å². The van der Waals surface area contributed by atoms with Gasteiger partial charge in [0, 0.05) is 0 Å². The molecule has 0 bridgehead atoms. The quantitative estimate of drug-likeness (QED) is 0.401. The van der Waals surface area contributed by atoms with Gasteiger partial charge in [-0.25, -0.2) is 0 Å². The van der Waals surface area contributed by atoms with Gasteiger partial charge in [-0.05, 0) is 32.1 Å². The molecule has 0 aromatic carbocycles. The van der Waals surface area contributed by atoms with Gasteiger partial charge in [-0.2, -0.15) is 0 Å². The lowest BCUT2D eigenvalue weighted by Crippen LogP contribution is -1.93. The first-order valence-electron chi connectivity index (χ1n) is 4.86. The molecule has 1 unspecified atom stereocenters. The molecule has 0 heterocycles. The van der Waals surface area contributed by atoms with E-state index in [9.17, 15) is 0 Å². The average Bonchev–Trinajstić information content (AvgIpc) is 2.13. The van der Waals surface area contributed by atoms with Crippen LogP contribution in [0.2, 0.25) is 0 Å². The Balaban J connectivity index is 3.74. The maximum Gasteiger partial charge on any atom is -0.0196 e. The minimum Gasteiger partial charge on any atom is -0.103 e. The van der Waals surface area contributed by atoms with E-state index in [1.165, 1.54) is 6.42 Å². The predicted octanol–water partition coefficient (Wildman–Crippen LogP) is 4.28. The molecule has 0 aromatic heterocycles. The second-order valence-corrected chi connectivity index (χ2v) is 3.05. The lowest BCUT2D eigenvalue weighted by Gasteiger charge is -2.07. The summed E-state index contributed by atoms with van der Waals surface area (Å²) in [5, 5.41) is 0. The molecule has 0 saturated heterocycles. The van der Waals surface area contributed by atoms with Crippen LogP contribution >= 0.6 is 0 Å². The molecule has 0 fully saturated rings. The largest absolute Gasteiger partial charge is 0.103 e. The molecule has 0 amide bonds. The topological polar surface area (TPSA) is 0 Å². The molecular formula is C13H20. The molecule has 0 rings (SSSR count). The fourth-order valence-corrected chi connectivity index (χ4v) is 1.28. The summed E-state index contributed by atoms with van der Waals surface area (Å²) in [6, 6.07) is 0. The summed E-state index contributed by atoms with van der Waals surface area (Å²) in [7, 11) is 0. The number of allylic oxidation sites excluding steroid dienone is 6. The second-order valence-electron chi connectivity index (χ2n) is 3.05. The van der Waals surface area contributed by atoms with Gasteiger partial charge < -0.3 is 0 Å². The molecule has 0 radical (unpaired) electrons. The lowest BCUT2D eigenvalue weighted by atomic mass is 9.99. The minimum atomic E-state index is 0.650. The smallest absolute Gasteiger partial charge is 0.0196 e. The lowest BCUT2D eigenvalue weighted by molar-refractivity contribution is 0.606. The van der Waals surface area contributed by atoms with Crippen LogP contribution in [-0.2, 0) is 0 Å². The Morgan fingerprint density at radius 1 is 1.31 bits per heavy atom. The van der Waals surface area contributed by atoms with Crippen molar-refractivity contribution in [1.82, 2.24) is 0 Å². The van der Waals surface area contributed by atoms with Crippen molar-refractivity contribution in [2.45, 2.75) is 26.2 Å². The third-order valence-electron chi connectivity index (χ3n) is 1.91. The Bertz CT molecular complexity index is 184. The highest BCUT2D eigenvalue weighted by atomic mass is 14.0. The summed E-state index contributed by atoms with van der Waals surface area (Å²) >= 11 is 0. The normalized spacial score (nSPS) is 13.6. The van der Waals surface area contributed by atoms with E-state index in [-0.39, 0.29) is 0 Å². The van der Waals surface area contributed by atoms with Crippen LogP contribution in [-0.4, -0.2) is 0 Å². The molecule has 0 aliphatic carbocycles. The predicted molar refractivity (Wildman–Crippen MR) is 61.7 cm³/mol. The number of rotatable bonds is 7. The first kappa shape index (κ1) is 12.0. The highest BCUT2D eigenvalue weighted by Gasteiger charge is 1.99. The average molecular weight is 176 g/mol. The van der Waals surface area contributed by atoms with Crippen molar-refractivity contribution in [2.24, 2.45) is 5.92 Å². The zero-order chi connectivity index (χ0) is 9.94. The van der Waals surface area contributed by atoms with Crippen molar-refractivity contribution in [3.05, 3.63) is 49.6 Å². The standard InChI is InChI=1S/C13H20/c1-4-7-8-9-12-13(10-5-2)11-6-3/h4-8,11,13H,1-2,9-10,12H2,3H3. The van der Waals surface area contributed by atoms with Gasteiger partial charge in [-0.1, -0.05) is 43.0 Å². The van der Waals surface area contributed by atoms with Crippen LogP contribution in [0.1, 0.15) is 26.2 Å². The van der Waals surface area contributed by atoms with Gasteiger partial charge in [0.1, 0.15) is 0 Å². The van der Waals surface area contributed by atoms with Crippen LogP contribution in [0.15, 0.2) is 49.6 Å². The fraction of sp³-hybridized carbons (Fsp3) is 0.385. The molecule has 0 spiro atoms. The maximum absolute atomic E-state index is 3.76. The van der Waals surface area contributed by atoms with Crippen molar-refractivity contribution in [2.75, 3.05) is 0 Å². The summed E-state index contributed by atoms with van der Waals surface area (Å²) in [5.41, 5.74) is 0. The van der Waals surface area contributed by atoms with Crippen LogP contribution in [0.3, 0.4) is 0 Å². The van der Waals surface area contributed by atoms with E-state index < -0.39 is 0 Å². The van der Waals surface area contributed by atoms with E-state index in [4.69, 9.17) is 0 Å². The Hall–Kier alpha value is -1.04. The molecule has 0 N–H and O–H groups in total. The molecule has 0 aliphatic heterocycles. The summed E-state index contributed by atoms with van der Waals surface area (Å²) in [4.78, 5) is 0. The minimum absolute atomic E-state index is 0.650. The van der Waals surface area contributed by atoms with Gasteiger partial charge in [-0.15, -0.1) is 6.58 Å². The first-order valence-corrected chi connectivity index (χ1v) is 4.86. The summed E-state index contributed by atoms with van der Waals surface area (Å²) in [6.07, 6.45) is 15.7. The van der Waals surface area contributed by atoms with Gasteiger partial charge in [-0.3, -0.25) is 0 Å². The summed E-state index contributed by atoms with van der Waals surface area (Å²) in [6.45, 7) is 9.46. The molecule has 0 heteroatoms.